The van der Waals surface area contributed by atoms with Crippen LogP contribution >= 0.6 is 0 Å². The summed E-state index contributed by atoms with van der Waals surface area (Å²) in [6.45, 7) is 6.26. The monoisotopic (exact) mass is 423 g/mol. The van der Waals surface area contributed by atoms with Crippen LogP contribution in [0.5, 0.6) is 0 Å². The molecule has 1 heterocycles. The van der Waals surface area contributed by atoms with Crippen molar-refractivity contribution in [1.82, 2.24) is 14.9 Å². The third kappa shape index (κ3) is 4.22. The third-order valence-electron chi connectivity index (χ3n) is 6.04. The normalized spacial score (nSPS) is 11.9. The number of carbonyl (C=O) groups is 1. The summed E-state index contributed by atoms with van der Waals surface area (Å²) in [5.74, 6) is 0.655. The molecule has 4 aromatic rings. The fraction of sp³-hybridized carbons (Fsp3) is 0.214. The van der Waals surface area contributed by atoms with E-state index in [0.717, 1.165) is 28.9 Å². The van der Waals surface area contributed by atoms with Gasteiger partial charge in [-0.3, -0.25) is 4.79 Å². The molecule has 1 unspecified atom stereocenters. The second kappa shape index (κ2) is 9.23. The Kier molecular flexibility index (Phi) is 6.22. The second-order valence-corrected chi connectivity index (χ2v) is 8.20. The fourth-order valence-electron chi connectivity index (χ4n) is 4.03. The van der Waals surface area contributed by atoms with Crippen molar-refractivity contribution in [3.8, 4) is 22.6 Å². The van der Waals surface area contributed by atoms with E-state index in [1.807, 2.05) is 66.2 Å². The molecule has 1 aromatic heterocycles. The van der Waals surface area contributed by atoms with Gasteiger partial charge in [0.05, 0.1) is 6.04 Å². The number of imidazole rings is 1. The van der Waals surface area contributed by atoms with E-state index in [1.54, 1.807) is 0 Å². The standard InChI is InChI=1S/C28H29N3O/c1-5-24(21-12-8-6-9-13-21)29-28(32)26-25(23-17-16-19(2)20(3)18-23)30-27(31(26)4)22-14-10-7-11-15-22/h6-18,24H,5H2,1-4H3,(H,29,32). The average molecular weight is 424 g/mol. The van der Waals surface area contributed by atoms with E-state index < -0.39 is 0 Å². The fourth-order valence-corrected chi connectivity index (χ4v) is 4.03. The number of hydrogen-bond acceptors (Lipinski definition) is 2. The van der Waals surface area contributed by atoms with Gasteiger partial charge >= 0.3 is 0 Å². The van der Waals surface area contributed by atoms with Gasteiger partial charge in [-0.2, -0.15) is 0 Å². The lowest BCUT2D eigenvalue weighted by Gasteiger charge is -2.18. The van der Waals surface area contributed by atoms with Gasteiger partial charge in [0.2, 0.25) is 0 Å². The third-order valence-corrected chi connectivity index (χ3v) is 6.04. The van der Waals surface area contributed by atoms with Crippen LogP contribution in [0.4, 0.5) is 0 Å². The van der Waals surface area contributed by atoms with Gasteiger partial charge in [0, 0.05) is 18.2 Å². The minimum Gasteiger partial charge on any atom is -0.344 e. The average Bonchev–Trinajstić information content (AvgIpc) is 3.17. The largest absolute Gasteiger partial charge is 0.344 e. The lowest BCUT2D eigenvalue weighted by molar-refractivity contribution is 0.0928. The van der Waals surface area contributed by atoms with Crippen molar-refractivity contribution in [2.45, 2.75) is 33.2 Å². The molecule has 1 atom stereocenters. The van der Waals surface area contributed by atoms with Crippen LogP contribution in [0.15, 0.2) is 78.9 Å². The van der Waals surface area contributed by atoms with Crippen LogP contribution in [0.1, 0.15) is 46.6 Å². The molecule has 4 rings (SSSR count). The number of aromatic nitrogens is 2. The summed E-state index contributed by atoms with van der Waals surface area (Å²) in [5, 5.41) is 3.24. The molecular formula is C28H29N3O. The molecule has 32 heavy (non-hydrogen) atoms. The van der Waals surface area contributed by atoms with E-state index in [0.29, 0.717) is 11.4 Å². The first-order valence-electron chi connectivity index (χ1n) is 11.0. The predicted octanol–water partition coefficient (Wildman–Crippen LogP) is 6.25. The van der Waals surface area contributed by atoms with Crippen molar-refractivity contribution in [3.05, 3.63) is 101 Å². The van der Waals surface area contributed by atoms with Gasteiger partial charge in [0.25, 0.3) is 5.91 Å². The predicted molar refractivity (Wildman–Crippen MR) is 130 cm³/mol. The van der Waals surface area contributed by atoms with Gasteiger partial charge in [0.1, 0.15) is 17.2 Å². The zero-order chi connectivity index (χ0) is 22.7. The van der Waals surface area contributed by atoms with E-state index in [-0.39, 0.29) is 11.9 Å². The smallest absolute Gasteiger partial charge is 0.270 e. The minimum atomic E-state index is -0.119. The number of hydrogen-bond donors (Lipinski definition) is 1. The zero-order valence-electron chi connectivity index (χ0n) is 19.1. The van der Waals surface area contributed by atoms with Gasteiger partial charge in [0.15, 0.2) is 0 Å². The van der Waals surface area contributed by atoms with Gasteiger partial charge < -0.3 is 9.88 Å². The Labute approximate surface area is 190 Å². The van der Waals surface area contributed by atoms with E-state index in [4.69, 9.17) is 4.98 Å². The van der Waals surface area contributed by atoms with Crippen LogP contribution in [0, 0.1) is 13.8 Å². The molecular weight excluding hydrogens is 394 g/mol. The molecule has 0 aliphatic heterocycles. The van der Waals surface area contributed by atoms with E-state index >= 15 is 0 Å². The molecule has 0 fully saturated rings. The van der Waals surface area contributed by atoms with Crippen LogP contribution in [0.2, 0.25) is 0 Å². The number of benzene rings is 3. The topological polar surface area (TPSA) is 46.9 Å². The van der Waals surface area contributed by atoms with E-state index in [2.05, 4.69) is 50.4 Å². The van der Waals surface area contributed by atoms with Crippen LogP contribution in [-0.2, 0) is 7.05 Å². The second-order valence-electron chi connectivity index (χ2n) is 8.20. The van der Waals surface area contributed by atoms with Gasteiger partial charge in [-0.15, -0.1) is 0 Å². The summed E-state index contributed by atoms with van der Waals surface area (Å²) in [6, 6.07) is 26.3. The quantitative estimate of drug-likeness (QED) is 0.398. The molecule has 0 saturated carbocycles. The van der Waals surface area contributed by atoms with Crippen LogP contribution in [0.3, 0.4) is 0 Å². The van der Waals surface area contributed by atoms with Gasteiger partial charge in [-0.25, -0.2) is 4.98 Å². The maximum atomic E-state index is 13.6. The number of aryl methyl sites for hydroxylation is 2. The first kappa shape index (κ1) is 21.6. The highest BCUT2D eigenvalue weighted by Gasteiger charge is 2.25. The van der Waals surface area contributed by atoms with Gasteiger partial charge in [-0.1, -0.05) is 79.7 Å². The van der Waals surface area contributed by atoms with Crippen molar-refractivity contribution >= 4 is 5.91 Å². The number of nitrogens with one attached hydrogen (secondary N) is 1. The number of amides is 1. The molecule has 4 heteroatoms. The highest BCUT2D eigenvalue weighted by molar-refractivity contribution is 5.99. The summed E-state index contributed by atoms with van der Waals surface area (Å²) >= 11 is 0. The molecule has 0 radical (unpaired) electrons. The Morgan fingerprint density at radius 3 is 2.19 bits per heavy atom. The molecule has 1 amide bonds. The Hall–Kier alpha value is -3.66. The van der Waals surface area contributed by atoms with Crippen LogP contribution < -0.4 is 5.32 Å². The summed E-state index contributed by atoms with van der Waals surface area (Å²) in [7, 11) is 1.91. The molecule has 0 spiro atoms. The zero-order valence-corrected chi connectivity index (χ0v) is 19.1. The lowest BCUT2D eigenvalue weighted by Crippen LogP contribution is -2.30. The summed E-state index contributed by atoms with van der Waals surface area (Å²) in [6.07, 6.45) is 0.804. The summed E-state index contributed by atoms with van der Waals surface area (Å²) in [5.41, 5.74) is 6.70. The summed E-state index contributed by atoms with van der Waals surface area (Å²) in [4.78, 5) is 18.6. The van der Waals surface area contributed by atoms with E-state index in [1.165, 1.54) is 11.1 Å². The Morgan fingerprint density at radius 2 is 1.56 bits per heavy atom. The maximum Gasteiger partial charge on any atom is 0.270 e. The Morgan fingerprint density at radius 1 is 0.906 bits per heavy atom. The number of nitrogens with zero attached hydrogens (tertiary/aromatic N) is 2. The molecule has 3 aromatic carbocycles. The van der Waals surface area contributed by atoms with Crippen molar-refractivity contribution in [3.63, 3.8) is 0 Å². The molecule has 0 aliphatic rings. The molecule has 4 nitrogen and oxygen atoms in total. The molecule has 0 saturated heterocycles. The summed E-state index contributed by atoms with van der Waals surface area (Å²) < 4.78 is 1.91. The van der Waals surface area contributed by atoms with Crippen molar-refractivity contribution in [2.24, 2.45) is 7.05 Å². The Bertz CT molecular complexity index is 1230. The number of carbonyl (C=O) groups excluding carboxylic acids is 1. The highest BCUT2D eigenvalue weighted by Crippen LogP contribution is 2.30. The minimum absolute atomic E-state index is 0.0635. The van der Waals surface area contributed by atoms with Crippen LogP contribution in [-0.4, -0.2) is 15.5 Å². The molecule has 0 bridgehead atoms. The van der Waals surface area contributed by atoms with Crippen molar-refractivity contribution in [1.29, 1.82) is 0 Å². The van der Waals surface area contributed by atoms with Crippen molar-refractivity contribution < 1.29 is 4.79 Å². The first-order valence-corrected chi connectivity index (χ1v) is 11.0. The lowest BCUT2D eigenvalue weighted by atomic mass is 10.0. The number of rotatable bonds is 6. The SMILES string of the molecule is CCC(NC(=O)c1c(-c2ccc(C)c(C)c2)nc(-c2ccccc2)n1C)c1ccccc1. The highest BCUT2D eigenvalue weighted by atomic mass is 16.2. The van der Waals surface area contributed by atoms with Crippen LogP contribution in [0.25, 0.3) is 22.6 Å². The van der Waals surface area contributed by atoms with E-state index in [9.17, 15) is 4.79 Å². The molecule has 162 valence electrons. The molecule has 1 N–H and O–H groups in total. The maximum absolute atomic E-state index is 13.6. The van der Waals surface area contributed by atoms with Crippen molar-refractivity contribution in [2.75, 3.05) is 0 Å². The van der Waals surface area contributed by atoms with Gasteiger partial charge in [-0.05, 0) is 43.0 Å². The first-order chi connectivity index (χ1) is 15.5. The molecule has 0 aliphatic carbocycles. The Balaban J connectivity index is 1.81.